The number of hydrogen-bond acceptors (Lipinski definition) is 4. The Bertz CT molecular complexity index is 631. The van der Waals surface area contributed by atoms with Gasteiger partial charge in [-0.3, -0.25) is 0 Å². The van der Waals surface area contributed by atoms with Gasteiger partial charge in [-0.05, 0) is 50.2 Å². The van der Waals surface area contributed by atoms with Crippen molar-refractivity contribution >= 4 is 5.97 Å². The largest absolute Gasteiger partial charge is 0.459 e. The Kier molecular flexibility index (Phi) is 7.86. The normalized spacial score (nSPS) is 28.1. The number of rotatable bonds is 7. The smallest absolute Gasteiger partial charge is 0.338 e. The number of hydrogen-bond donors (Lipinski definition) is 0. The van der Waals surface area contributed by atoms with Crippen molar-refractivity contribution in [2.24, 2.45) is 11.8 Å². The van der Waals surface area contributed by atoms with Crippen LogP contribution in [0.5, 0.6) is 0 Å². The average molecular weight is 393 g/mol. The van der Waals surface area contributed by atoms with Crippen LogP contribution in [0, 0.1) is 17.7 Å². The molecule has 28 heavy (non-hydrogen) atoms. The van der Waals surface area contributed by atoms with E-state index < -0.39 is 18.1 Å². The molecule has 0 aromatic heterocycles. The fraction of sp³-hybridized carbons (Fsp3) is 0.696. The Balaban J connectivity index is 1.53. The third-order valence-corrected chi connectivity index (χ3v) is 5.92. The number of carbonyl (C=O) groups excluding carboxylic acids is 1. The second kappa shape index (κ2) is 10.4. The van der Waals surface area contributed by atoms with Gasteiger partial charge in [-0.1, -0.05) is 39.2 Å². The Labute approximate surface area is 167 Å². The van der Waals surface area contributed by atoms with E-state index >= 15 is 0 Å². The van der Waals surface area contributed by atoms with Gasteiger partial charge in [0.2, 0.25) is 0 Å². The van der Waals surface area contributed by atoms with E-state index in [4.69, 9.17) is 14.2 Å². The molecule has 2 aliphatic rings. The van der Waals surface area contributed by atoms with Crippen LogP contribution in [-0.2, 0) is 14.2 Å². The lowest BCUT2D eigenvalue weighted by molar-refractivity contribution is -0.207. The molecule has 0 spiro atoms. The van der Waals surface area contributed by atoms with Crippen molar-refractivity contribution in [3.05, 3.63) is 35.1 Å². The molecular weight excluding hydrogens is 359 g/mol. The van der Waals surface area contributed by atoms with Gasteiger partial charge in [0.15, 0.2) is 6.29 Å². The third kappa shape index (κ3) is 5.54. The summed E-state index contributed by atoms with van der Waals surface area (Å²) in [5.74, 6) is 0.188. The van der Waals surface area contributed by atoms with Crippen molar-refractivity contribution in [3.8, 4) is 0 Å². The van der Waals surface area contributed by atoms with Gasteiger partial charge in [0.1, 0.15) is 11.9 Å². The van der Waals surface area contributed by atoms with Crippen molar-refractivity contribution in [3.63, 3.8) is 0 Å². The van der Waals surface area contributed by atoms with Crippen LogP contribution in [0.1, 0.15) is 87.4 Å². The maximum atomic E-state index is 14.6. The molecule has 1 aromatic rings. The number of halogens is 1. The molecule has 0 bridgehead atoms. The summed E-state index contributed by atoms with van der Waals surface area (Å²) < 4.78 is 31.6. The molecule has 1 saturated heterocycles. The highest BCUT2D eigenvalue weighted by atomic mass is 19.1. The highest BCUT2D eigenvalue weighted by Gasteiger charge is 2.27. The molecule has 3 rings (SSSR count). The van der Waals surface area contributed by atoms with E-state index in [1.54, 1.807) is 12.1 Å². The lowest BCUT2D eigenvalue weighted by atomic mass is 9.85. The maximum absolute atomic E-state index is 14.6. The minimum atomic E-state index is -0.702. The van der Waals surface area contributed by atoms with Gasteiger partial charge in [0, 0.05) is 11.5 Å². The summed E-state index contributed by atoms with van der Waals surface area (Å²) in [6.45, 7) is 5.47. The van der Waals surface area contributed by atoms with Gasteiger partial charge in [0.25, 0.3) is 0 Å². The van der Waals surface area contributed by atoms with E-state index in [-0.39, 0.29) is 11.7 Å². The molecule has 0 atom stereocenters. The zero-order valence-electron chi connectivity index (χ0n) is 17.1. The minimum absolute atomic E-state index is 0.0520. The third-order valence-electron chi connectivity index (χ3n) is 5.92. The fourth-order valence-electron chi connectivity index (χ4n) is 4.31. The van der Waals surface area contributed by atoms with Crippen LogP contribution in [0.25, 0.3) is 0 Å². The topological polar surface area (TPSA) is 44.8 Å². The zero-order valence-corrected chi connectivity index (χ0v) is 17.1. The number of ether oxygens (including phenoxy) is 3. The summed E-state index contributed by atoms with van der Waals surface area (Å²) in [6.07, 6.45) is 7.83. The van der Waals surface area contributed by atoms with Gasteiger partial charge in [-0.15, -0.1) is 0 Å². The quantitative estimate of drug-likeness (QED) is 0.550. The molecule has 2 fully saturated rings. The summed E-state index contributed by atoms with van der Waals surface area (Å²) >= 11 is 0. The second-order valence-corrected chi connectivity index (χ2v) is 8.23. The molecule has 1 heterocycles. The standard InChI is InChI=1S/C23H33FO4/c1-3-5-16-7-10-19(11-8-16)28-22(25)18-9-12-20(21(24)13-18)23-26-14-17(6-4-2)15-27-23/h9,12-13,16-17,19,23H,3-8,10-11,14-15H2,1-2H3/t16-,17?,19-,23?. The van der Waals surface area contributed by atoms with Crippen LogP contribution >= 0.6 is 0 Å². The first kappa shape index (κ1) is 21.3. The van der Waals surface area contributed by atoms with E-state index in [0.717, 1.165) is 44.4 Å². The highest BCUT2D eigenvalue weighted by Crippen LogP contribution is 2.31. The Morgan fingerprint density at radius 1 is 1.04 bits per heavy atom. The van der Waals surface area contributed by atoms with Crippen LogP contribution in [0.3, 0.4) is 0 Å². The lowest BCUT2D eigenvalue weighted by Gasteiger charge is -2.30. The van der Waals surface area contributed by atoms with E-state index in [1.165, 1.54) is 18.9 Å². The number of carbonyl (C=O) groups is 1. The molecule has 0 radical (unpaired) electrons. The Morgan fingerprint density at radius 2 is 1.68 bits per heavy atom. The Morgan fingerprint density at radius 3 is 2.29 bits per heavy atom. The average Bonchev–Trinajstić information content (AvgIpc) is 2.70. The van der Waals surface area contributed by atoms with Crippen molar-refractivity contribution in [2.75, 3.05) is 13.2 Å². The molecule has 1 saturated carbocycles. The maximum Gasteiger partial charge on any atom is 0.338 e. The summed E-state index contributed by atoms with van der Waals surface area (Å²) in [5, 5.41) is 0. The SMILES string of the molecule is CCCC1COC(c2ccc(C(=O)O[C@H]3CC[C@H](CCC)CC3)cc2F)OC1. The van der Waals surface area contributed by atoms with Gasteiger partial charge >= 0.3 is 5.97 Å². The molecule has 156 valence electrons. The summed E-state index contributed by atoms with van der Waals surface area (Å²) in [7, 11) is 0. The van der Waals surface area contributed by atoms with Gasteiger partial charge in [0.05, 0.1) is 18.8 Å². The number of benzene rings is 1. The zero-order chi connectivity index (χ0) is 19.9. The first-order valence-electron chi connectivity index (χ1n) is 10.8. The van der Waals surface area contributed by atoms with Crippen LogP contribution in [-0.4, -0.2) is 25.3 Å². The van der Waals surface area contributed by atoms with Crippen molar-refractivity contribution in [1.82, 2.24) is 0 Å². The molecule has 1 aromatic carbocycles. The molecule has 1 aliphatic heterocycles. The molecule has 5 heteroatoms. The second-order valence-electron chi connectivity index (χ2n) is 8.23. The molecule has 4 nitrogen and oxygen atoms in total. The van der Waals surface area contributed by atoms with Gasteiger partial charge in [-0.2, -0.15) is 0 Å². The van der Waals surface area contributed by atoms with Gasteiger partial charge < -0.3 is 14.2 Å². The molecule has 0 unspecified atom stereocenters. The van der Waals surface area contributed by atoms with Crippen LogP contribution in [0.4, 0.5) is 4.39 Å². The molecule has 0 N–H and O–H groups in total. The predicted molar refractivity (Wildman–Crippen MR) is 106 cm³/mol. The molecule has 1 aliphatic carbocycles. The van der Waals surface area contributed by atoms with Crippen LogP contribution < -0.4 is 0 Å². The van der Waals surface area contributed by atoms with Crippen molar-refractivity contribution in [1.29, 1.82) is 0 Å². The molecule has 0 amide bonds. The number of esters is 1. The Hall–Kier alpha value is -1.46. The van der Waals surface area contributed by atoms with Gasteiger partial charge in [-0.25, -0.2) is 9.18 Å². The van der Waals surface area contributed by atoms with Crippen LogP contribution in [0.15, 0.2) is 18.2 Å². The van der Waals surface area contributed by atoms with E-state index in [2.05, 4.69) is 13.8 Å². The first-order chi connectivity index (χ1) is 13.6. The fourth-order valence-corrected chi connectivity index (χ4v) is 4.31. The monoisotopic (exact) mass is 392 g/mol. The van der Waals surface area contributed by atoms with Crippen LogP contribution in [0.2, 0.25) is 0 Å². The molecular formula is C23H33FO4. The van der Waals surface area contributed by atoms with Crippen molar-refractivity contribution < 1.29 is 23.4 Å². The van der Waals surface area contributed by atoms with Crippen molar-refractivity contribution in [2.45, 2.75) is 77.6 Å². The van der Waals surface area contributed by atoms with E-state index in [9.17, 15) is 9.18 Å². The minimum Gasteiger partial charge on any atom is -0.459 e. The van der Waals surface area contributed by atoms with E-state index in [1.807, 2.05) is 0 Å². The summed E-state index contributed by atoms with van der Waals surface area (Å²) in [4.78, 5) is 12.4. The first-order valence-corrected chi connectivity index (χ1v) is 10.8. The lowest BCUT2D eigenvalue weighted by Crippen LogP contribution is -2.27. The van der Waals surface area contributed by atoms with E-state index in [0.29, 0.717) is 24.7 Å². The predicted octanol–water partition coefficient (Wildman–Crippen LogP) is 5.80. The highest BCUT2D eigenvalue weighted by molar-refractivity contribution is 5.89. The summed E-state index contributed by atoms with van der Waals surface area (Å²) in [5.41, 5.74) is 0.586. The summed E-state index contributed by atoms with van der Waals surface area (Å²) in [6, 6.07) is 4.43.